The summed E-state index contributed by atoms with van der Waals surface area (Å²) in [4.78, 5) is 2.23. The Kier molecular flexibility index (Phi) is 5.71. The van der Waals surface area contributed by atoms with Crippen molar-refractivity contribution < 1.29 is 5.11 Å². The maximum atomic E-state index is 9.68. The summed E-state index contributed by atoms with van der Waals surface area (Å²) in [6.07, 6.45) is 2.56. The second kappa shape index (κ2) is 6.81. The van der Waals surface area contributed by atoms with Crippen molar-refractivity contribution in [3.05, 3.63) is 29.8 Å². The molecule has 0 radical (unpaired) electrons. The lowest BCUT2D eigenvalue weighted by Gasteiger charge is -2.19. The molecule has 16 heavy (non-hydrogen) atoms. The van der Waals surface area contributed by atoms with Gasteiger partial charge in [0.1, 0.15) is 0 Å². The first kappa shape index (κ1) is 13.4. The summed E-state index contributed by atoms with van der Waals surface area (Å²) in [5.41, 5.74) is 2.21. The van der Waals surface area contributed by atoms with Crippen molar-refractivity contribution in [3.63, 3.8) is 0 Å². The van der Waals surface area contributed by atoms with E-state index in [1.165, 1.54) is 5.69 Å². The standard InChI is InChI=1S/C13H21NOS/c1-4-13(15)11-5-7-12(8-6-11)14(2)9-10-16-3/h5-8,13,15H,4,9-10H2,1-3H3/t13-/m1/s1. The highest BCUT2D eigenvalue weighted by Gasteiger charge is 2.05. The summed E-state index contributed by atoms with van der Waals surface area (Å²) in [7, 11) is 2.10. The van der Waals surface area contributed by atoms with Crippen LogP contribution in [0.5, 0.6) is 0 Å². The van der Waals surface area contributed by atoms with Crippen LogP contribution in [0.1, 0.15) is 25.0 Å². The van der Waals surface area contributed by atoms with Crippen molar-refractivity contribution in [2.75, 3.05) is 30.5 Å². The zero-order chi connectivity index (χ0) is 12.0. The number of rotatable bonds is 6. The fourth-order valence-electron chi connectivity index (χ4n) is 1.54. The molecule has 90 valence electrons. The van der Waals surface area contributed by atoms with Gasteiger partial charge in [0.25, 0.3) is 0 Å². The van der Waals surface area contributed by atoms with Gasteiger partial charge in [-0.1, -0.05) is 19.1 Å². The van der Waals surface area contributed by atoms with Crippen molar-refractivity contribution in [1.29, 1.82) is 0 Å². The minimum Gasteiger partial charge on any atom is -0.388 e. The van der Waals surface area contributed by atoms with Crippen LogP contribution >= 0.6 is 11.8 Å². The van der Waals surface area contributed by atoms with Crippen LogP contribution in [0, 0.1) is 0 Å². The molecule has 0 fully saturated rings. The van der Waals surface area contributed by atoms with E-state index in [2.05, 4.69) is 30.3 Å². The lowest BCUT2D eigenvalue weighted by atomic mass is 10.1. The highest BCUT2D eigenvalue weighted by atomic mass is 32.2. The van der Waals surface area contributed by atoms with Crippen LogP contribution in [-0.2, 0) is 0 Å². The molecule has 1 rings (SSSR count). The third-order valence-electron chi connectivity index (χ3n) is 2.74. The van der Waals surface area contributed by atoms with Gasteiger partial charge < -0.3 is 10.0 Å². The largest absolute Gasteiger partial charge is 0.388 e. The molecule has 1 N–H and O–H groups in total. The van der Waals surface area contributed by atoms with Gasteiger partial charge in [0.05, 0.1) is 6.10 Å². The first-order valence-corrected chi connectivity index (χ1v) is 7.06. The molecule has 0 aliphatic rings. The van der Waals surface area contributed by atoms with E-state index in [1.807, 2.05) is 30.8 Å². The average Bonchev–Trinajstić information content (AvgIpc) is 2.35. The Hall–Kier alpha value is -0.670. The minimum absolute atomic E-state index is 0.328. The van der Waals surface area contributed by atoms with Crippen molar-refractivity contribution in [3.8, 4) is 0 Å². The second-order valence-electron chi connectivity index (χ2n) is 3.93. The Balaban J connectivity index is 2.63. The molecule has 0 heterocycles. The monoisotopic (exact) mass is 239 g/mol. The Bertz CT molecular complexity index is 299. The van der Waals surface area contributed by atoms with Crippen LogP contribution in [0.2, 0.25) is 0 Å². The quantitative estimate of drug-likeness (QED) is 0.825. The normalized spacial score (nSPS) is 12.5. The van der Waals surface area contributed by atoms with E-state index >= 15 is 0 Å². The second-order valence-corrected chi connectivity index (χ2v) is 4.92. The maximum Gasteiger partial charge on any atom is 0.0787 e. The Labute approximate surface area is 103 Å². The summed E-state index contributed by atoms with van der Waals surface area (Å²) in [5, 5.41) is 9.68. The lowest BCUT2D eigenvalue weighted by molar-refractivity contribution is 0.173. The summed E-state index contributed by atoms with van der Waals surface area (Å²) >= 11 is 1.85. The van der Waals surface area contributed by atoms with Crippen LogP contribution in [0.4, 0.5) is 5.69 Å². The van der Waals surface area contributed by atoms with Gasteiger partial charge in [-0.25, -0.2) is 0 Å². The molecule has 0 bridgehead atoms. The van der Waals surface area contributed by atoms with Gasteiger partial charge in [-0.05, 0) is 30.4 Å². The molecule has 1 aromatic rings. The van der Waals surface area contributed by atoms with Gasteiger partial charge in [-0.3, -0.25) is 0 Å². The molecule has 3 heteroatoms. The molecule has 1 atom stereocenters. The van der Waals surface area contributed by atoms with Crippen molar-refractivity contribution in [2.45, 2.75) is 19.4 Å². The molecule has 0 aliphatic carbocycles. The number of anilines is 1. The van der Waals surface area contributed by atoms with E-state index in [0.717, 1.165) is 24.3 Å². The summed E-state index contributed by atoms with van der Waals surface area (Å²) in [5.74, 6) is 1.13. The lowest BCUT2D eigenvalue weighted by Crippen LogP contribution is -2.20. The number of nitrogens with zero attached hydrogens (tertiary/aromatic N) is 1. The number of benzene rings is 1. The SMILES string of the molecule is CC[C@@H](O)c1ccc(N(C)CCSC)cc1. The highest BCUT2D eigenvalue weighted by molar-refractivity contribution is 7.98. The molecule has 0 amide bonds. The molecule has 0 aromatic heterocycles. The topological polar surface area (TPSA) is 23.5 Å². The summed E-state index contributed by atoms with van der Waals surface area (Å²) in [6, 6.07) is 8.18. The van der Waals surface area contributed by atoms with E-state index in [4.69, 9.17) is 0 Å². The van der Waals surface area contributed by atoms with Gasteiger partial charge in [-0.2, -0.15) is 11.8 Å². The van der Waals surface area contributed by atoms with Crippen LogP contribution in [0.25, 0.3) is 0 Å². The molecule has 2 nitrogen and oxygen atoms in total. The van der Waals surface area contributed by atoms with Gasteiger partial charge in [0.2, 0.25) is 0 Å². The van der Waals surface area contributed by atoms with E-state index in [1.54, 1.807) is 0 Å². The molecule has 1 aromatic carbocycles. The fraction of sp³-hybridized carbons (Fsp3) is 0.538. The van der Waals surface area contributed by atoms with Crippen LogP contribution in [0.15, 0.2) is 24.3 Å². The predicted octanol–water partition coefficient (Wildman–Crippen LogP) is 2.93. The van der Waals surface area contributed by atoms with Gasteiger partial charge in [0, 0.05) is 25.0 Å². The maximum absolute atomic E-state index is 9.68. The third-order valence-corrected chi connectivity index (χ3v) is 3.33. The number of aliphatic hydroxyl groups is 1. The minimum atomic E-state index is -0.328. The zero-order valence-electron chi connectivity index (χ0n) is 10.3. The molecule has 0 saturated heterocycles. The number of aliphatic hydroxyl groups excluding tert-OH is 1. The van der Waals surface area contributed by atoms with Gasteiger partial charge >= 0.3 is 0 Å². The molecular weight excluding hydrogens is 218 g/mol. The zero-order valence-corrected chi connectivity index (χ0v) is 11.1. The van der Waals surface area contributed by atoms with Gasteiger partial charge in [-0.15, -0.1) is 0 Å². The highest BCUT2D eigenvalue weighted by Crippen LogP contribution is 2.20. The third kappa shape index (κ3) is 3.72. The molecule has 0 aliphatic heterocycles. The van der Waals surface area contributed by atoms with E-state index in [9.17, 15) is 5.11 Å². The molecule has 0 saturated carbocycles. The first-order chi connectivity index (χ1) is 7.69. The Morgan fingerprint density at radius 2 is 1.94 bits per heavy atom. The summed E-state index contributed by atoms with van der Waals surface area (Å²) in [6.45, 7) is 3.04. The average molecular weight is 239 g/mol. The summed E-state index contributed by atoms with van der Waals surface area (Å²) < 4.78 is 0. The fourth-order valence-corrected chi connectivity index (χ4v) is 2.00. The van der Waals surface area contributed by atoms with Crippen LogP contribution in [-0.4, -0.2) is 30.7 Å². The molecular formula is C13H21NOS. The first-order valence-electron chi connectivity index (χ1n) is 5.67. The van der Waals surface area contributed by atoms with Crippen molar-refractivity contribution in [1.82, 2.24) is 0 Å². The number of hydrogen-bond acceptors (Lipinski definition) is 3. The number of thioether (sulfide) groups is 1. The molecule has 0 unspecified atom stereocenters. The Morgan fingerprint density at radius 1 is 1.31 bits per heavy atom. The van der Waals surface area contributed by atoms with E-state index < -0.39 is 0 Å². The van der Waals surface area contributed by atoms with E-state index in [-0.39, 0.29) is 6.10 Å². The van der Waals surface area contributed by atoms with Crippen molar-refractivity contribution in [2.24, 2.45) is 0 Å². The predicted molar refractivity (Wildman–Crippen MR) is 73.3 cm³/mol. The Morgan fingerprint density at radius 3 is 2.44 bits per heavy atom. The number of hydrogen-bond donors (Lipinski definition) is 1. The van der Waals surface area contributed by atoms with Gasteiger partial charge in [0.15, 0.2) is 0 Å². The smallest absolute Gasteiger partial charge is 0.0787 e. The van der Waals surface area contributed by atoms with E-state index in [0.29, 0.717) is 0 Å². The molecule has 0 spiro atoms. The van der Waals surface area contributed by atoms with Crippen molar-refractivity contribution >= 4 is 17.4 Å². The van der Waals surface area contributed by atoms with Crippen LogP contribution in [0.3, 0.4) is 0 Å². The van der Waals surface area contributed by atoms with Crippen LogP contribution < -0.4 is 4.90 Å².